The first-order valence-corrected chi connectivity index (χ1v) is 7.74. The third-order valence-corrected chi connectivity index (χ3v) is 2.84. The number of carbonyl (C=O) groups excluding carboxylic acids is 2. The third-order valence-electron chi connectivity index (χ3n) is 2.84. The van der Waals surface area contributed by atoms with Gasteiger partial charge in [0.05, 0.1) is 24.7 Å². The fraction of sp³-hybridized carbons (Fsp3) is 0.562. The number of carbonyl (C=O) groups is 2. The summed E-state index contributed by atoms with van der Waals surface area (Å²) in [6.07, 6.45) is 0.847. The molecule has 1 heterocycles. The number of ether oxygens (including phenoxy) is 2. The van der Waals surface area contributed by atoms with Gasteiger partial charge in [-0.15, -0.1) is 0 Å². The summed E-state index contributed by atoms with van der Waals surface area (Å²) in [4.78, 5) is 28.1. The number of anilines is 2. The van der Waals surface area contributed by atoms with E-state index in [1.807, 2.05) is 6.92 Å². The van der Waals surface area contributed by atoms with Crippen molar-refractivity contribution in [2.45, 2.75) is 46.3 Å². The van der Waals surface area contributed by atoms with Crippen molar-refractivity contribution in [3.05, 3.63) is 12.3 Å². The lowest BCUT2D eigenvalue weighted by Gasteiger charge is -2.22. The molecule has 2 amide bonds. The van der Waals surface area contributed by atoms with E-state index in [1.165, 1.54) is 13.3 Å². The van der Waals surface area contributed by atoms with Gasteiger partial charge < -0.3 is 25.4 Å². The number of amides is 2. The summed E-state index contributed by atoms with van der Waals surface area (Å²) in [5.74, 6) is 0.0517. The minimum absolute atomic E-state index is 0.382. The van der Waals surface area contributed by atoms with Crippen molar-refractivity contribution in [2.24, 2.45) is 0 Å². The Morgan fingerprint density at radius 1 is 1.29 bits per heavy atom. The van der Waals surface area contributed by atoms with E-state index in [-0.39, 0.29) is 5.91 Å². The first-order chi connectivity index (χ1) is 11.2. The molecule has 0 aliphatic rings. The van der Waals surface area contributed by atoms with Crippen LogP contribution in [0.5, 0.6) is 5.88 Å². The van der Waals surface area contributed by atoms with Crippen LogP contribution in [-0.2, 0) is 9.53 Å². The smallest absolute Gasteiger partial charge is 0.408 e. The highest BCUT2D eigenvalue weighted by molar-refractivity contribution is 5.98. The fourth-order valence-corrected chi connectivity index (χ4v) is 1.78. The van der Waals surface area contributed by atoms with E-state index in [0.29, 0.717) is 23.8 Å². The average molecular weight is 338 g/mol. The SMILES string of the molecule is CCNc1cc(OC)ncc1NC(=O)[C@@H](C)NC(=O)OC(C)(C)C. The highest BCUT2D eigenvalue weighted by Gasteiger charge is 2.21. The maximum absolute atomic E-state index is 12.3. The molecule has 0 aromatic carbocycles. The Kier molecular flexibility index (Phi) is 6.82. The van der Waals surface area contributed by atoms with Crippen LogP contribution in [0.3, 0.4) is 0 Å². The second-order valence-corrected chi connectivity index (χ2v) is 6.16. The van der Waals surface area contributed by atoms with Crippen LogP contribution in [0.1, 0.15) is 34.6 Å². The average Bonchev–Trinajstić information content (AvgIpc) is 2.47. The summed E-state index contributed by atoms with van der Waals surface area (Å²) in [6.45, 7) is 9.44. The van der Waals surface area contributed by atoms with Crippen LogP contribution in [0.2, 0.25) is 0 Å². The summed E-state index contributed by atoms with van der Waals surface area (Å²) >= 11 is 0. The van der Waals surface area contributed by atoms with Crippen LogP contribution >= 0.6 is 0 Å². The van der Waals surface area contributed by atoms with Crippen molar-refractivity contribution in [2.75, 3.05) is 24.3 Å². The van der Waals surface area contributed by atoms with Gasteiger partial charge in [-0.2, -0.15) is 0 Å². The fourth-order valence-electron chi connectivity index (χ4n) is 1.78. The van der Waals surface area contributed by atoms with Crippen molar-refractivity contribution in [1.82, 2.24) is 10.3 Å². The predicted molar refractivity (Wildman–Crippen MR) is 92.4 cm³/mol. The van der Waals surface area contributed by atoms with Crippen molar-refractivity contribution in [3.63, 3.8) is 0 Å². The number of hydrogen-bond donors (Lipinski definition) is 3. The Bertz CT molecular complexity index is 584. The molecule has 8 heteroatoms. The lowest BCUT2D eigenvalue weighted by atomic mass is 10.2. The standard InChI is InChI=1S/C16H26N4O4/c1-7-17-11-8-13(23-6)18-9-12(11)20-14(21)10(2)19-15(22)24-16(3,4)5/h8-10H,7H2,1-6H3,(H,17,18)(H,19,22)(H,20,21)/t10-/m1/s1. The second kappa shape index (κ2) is 8.37. The molecule has 8 nitrogen and oxygen atoms in total. The molecule has 1 aromatic heterocycles. The Hall–Kier alpha value is -2.51. The molecule has 0 bridgehead atoms. The molecule has 1 rings (SSSR count). The summed E-state index contributed by atoms with van der Waals surface area (Å²) in [6, 6.07) is 0.918. The largest absolute Gasteiger partial charge is 0.481 e. The maximum Gasteiger partial charge on any atom is 0.408 e. The Morgan fingerprint density at radius 3 is 2.50 bits per heavy atom. The molecule has 1 atom stereocenters. The van der Waals surface area contributed by atoms with E-state index in [1.54, 1.807) is 33.8 Å². The van der Waals surface area contributed by atoms with E-state index < -0.39 is 17.7 Å². The van der Waals surface area contributed by atoms with Gasteiger partial charge in [0, 0.05) is 12.6 Å². The lowest BCUT2D eigenvalue weighted by Crippen LogP contribution is -2.44. The zero-order valence-corrected chi connectivity index (χ0v) is 15.0. The van der Waals surface area contributed by atoms with E-state index >= 15 is 0 Å². The number of hydrogen-bond acceptors (Lipinski definition) is 6. The molecule has 0 aliphatic carbocycles. The Morgan fingerprint density at radius 2 is 1.96 bits per heavy atom. The lowest BCUT2D eigenvalue weighted by molar-refractivity contribution is -0.117. The number of pyridine rings is 1. The minimum Gasteiger partial charge on any atom is -0.481 e. The van der Waals surface area contributed by atoms with Crippen LogP contribution in [0.4, 0.5) is 16.2 Å². The second-order valence-electron chi connectivity index (χ2n) is 6.16. The molecule has 3 N–H and O–H groups in total. The molecular weight excluding hydrogens is 312 g/mol. The van der Waals surface area contributed by atoms with Gasteiger partial charge in [-0.05, 0) is 34.6 Å². The van der Waals surface area contributed by atoms with Crippen molar-refractivity contribution >= 4 is 23.4 Å². The molecule has 0 radical (unpaired) electrons. The van der Waals surface area contributed by atoms with Crippen molar-refractivity contribution < 1.29 is 19.1 Å². The minimum atomic E-state index is -0.767. The zero-order valence-electron chi connectivity index (χ0n) is 15.0. The number of rotatable bonds is 6. The van der Waals surface area contributed by atoms with Crippen molar-refractivity contribution in [3.8, 4) is 5.88 Å². The first kappa shape index (κ1) is 19.5. The molecule has 0 aliphatic heterocycles. The van der Waals surface area contributed by atoms with Gasteiger partial charge in [-0.25, -0.2) is 9.78 Å². The van der Waals surface area contributed by atoms with Crippen LogP contribution < -0.4 is 20.7 Å². The number of nitrogens with zero attached hydrogens (tertiary/aromatic N) is 1. The van der Waals surface area contributed by atoms with E-state index in [2.05, 4.69) is 20.9 Å². The number of alkyl carbamates (subject to hydrolysis) is 1. The van der Waals surface area contributed by atoms with Crippen LogP contribution in [0.15, 0.2) is 12.3 Å². The third kappa shape index (κ3) is 6.31. The van der Waals surface area contributed by atoms with Gasteiger partial charge in [0.15, 0.2) is 0 Å². The normalized spacial score (nSPS) is 12.1. The molecule has 0 unspecified atom stereocenters. The van der Waals surface area contributed by atoms with Crippen molar-refractivity contribution in [1.29, 1.82) is 0 Å². The molecule has 0 fully saturated rings. The maximum atomic E-state index is 12.3. The van der Waals surface area contributed by atoms with E-state index in [9.17, 15) is 9.59 Å². The summed E-state index contributed by atoms with van der Waals surface area (Å²) in [5, 5.41) is 8.34. The number of nitrogens with one attached hydrogen (secondary N) is 3. The molecule has 0 spiro atoms. The van der Waals surface area contributed by atoms with Gasteiger partial charge in [0.1, 0.15) is 11.6 Å². The van der Waals surface area contributed by atoms with Crippen LogP contribution in [0.25, 0.3) is 0 Å². The molecule has 24 heavy (non-hydrogen) atoms. The quantitative estimate of drug-likeness (QED) is 0.736. The molecular formula is C16H26N4O4. The first-order valence-electron chi connectivity index (χ1n) is 7.74. The summed E-state index contributed by atoms with van der Waals surface area (Å²) < 4.78 is 10.2. The number of aromatic nitrogens is 1. The zero-order chi connectivity index (χ0) is 18.3. The Labute approximate surface area is 142 Å². The van der Waals surface area contributed by atoms with Gasteiger partial charge in [-0.3, -0.25) is 4.79 Å². The van der Waals surface area contributed by atoms with E-state index in [0.717, 1.165) is 0 Å². The van der Waals surface area contributed by atoms with Crippen LogP contribution in [0, 0.1) is 0 Å². The molecule has 0 saturated carbocycles. The summed E-state index contributed by atoms with van der Waals surface area (Å²) in [7, 11) is 1.52. The Balaban J connectivity index is 2.74. The molecule has 0 saturated heterocycles. The predicted octanol–water partition coefficient (Wildman–Crippen LogP) is 2.37. The van der Waals surface area contributed by atoms with Crippen LogP contribution in [-0.4, -0.2) is 42.3 Å². The van der Waals surface area contributed by atoms with Gasteiger partial charge in [-0.1, -0.05) is 0 Å². The molecule has 1 aromatic rings. The summed E-state index contributed by atoms with van der Waals surface area (Å²) in [5.41, 5.74) is 0.556. The highest BCUT2D eigenvalue weighted by Crippen LogP contribution is 2.24. The van der Waals surface area contributed by atoms with E-state index in [4.69, 9.17) is 9.47 Å². The van der Waals surface area contributed by atoms with Gasteiger partial charge in [0.2, 0.25) is 11.8 Å². The molecule has 134 valence electrons. The van der Waals surface area contributed by atoms with Gasteiger partial charge in [0.25, 0.3) is 0 Å². The van der Waals surface area contributed by atoms with Gasteiger partial charge >= 0.3 is 6.09 Å². The highest BCUT2D eigenvalue weighted by atomic mass is 16.6. The monoisotopic (exact) mass is 338 g/mol. The number of methoxy groups -OCH3 is 1. The topological polar surface area (TPSA) is 102 Å².